The predicted molar refractivity (Wildman–Crippen MR) is 90.0 cm³/mol. The van der Waals surface area contributed by atoms with Crippen LogP contribution in [0, 0.1) is 5.82 Å². The van der Waals surface area contributed by atoms with E-state index < -0.39 is 17.7 Å². The molecule has 0 saturated heterocycles. The Morgan fingerprint density at radius 1 is 1.38 bits per heavy atom. The molecule has 1 N–H and O–H groups in total. The zero-order chi connectivity index (χ0) is 17.3. The van der Waals surface area contributed by atoms with Crippen molar-refractivity contribution in [3.05, 3.63) is 51.7 Å². The van der Waals surface area contributed by atoms with Crippen LogP contribution in [0.3, 0.4) is 0 Å². The van der Waals surface area contributed by atoms with Crippen molar-refractivity contribution >= 4 is 28.2 Å². The molecule has 1 amide bonds. The summed E-state index contributed by atoms with van der Waals surface area (Å²) in [4.78, 5) is 27.7. The van der Waals surface area contributed by atoms with Gasteiger partial charge >= 0.3 is 5.97 Å². The van der Waals surface area contributed by atoms with E-state index in [0.717, 1.165) is 36.0 Å². The van der Waals surface area contributed by atoms with E-state index in [4.69, 9.17) is 4.74 Å². The SMILES string of the molecule is COC(=O)c1c(NC(=O)c2cccc(F)c2)sc2c1CCN(C)C2. The number of likely N-dealkylation sites (N-methyl/N-ethyl adjacent to an activating group) is 1. The van der Waals surface area contributed by atoms with Crippen molar-refractivity contribution < 1.29 is 18.7 Å². The minimum Gasteiger partial charge on any atom is -0.465 e. The van der Waals surface area contributed by atoms with Gasteiger partial charge in [-0.25, -0.2) is 9.18 Å². The molecule has 2 aromatic rings. The molecule has 7 heteroatoms. The van der Waals surface area contributed by atoms with E-state index in [-0.39, 0.29) is 5.56 Å². The van der Waals surface area contributed by atoms with Crippen LogP contribution in [0.1, 0.15) is 31.2 Å². The maximum Gasteiger partial charge on any atom is 0.341 e. The van der Waals surface area contributed by atoms with Crippen molar-refractivity contribution in [2.24, 2.45) is 0 Å². The Hall–Kier alpha value is -2.25. The lowest BCUT2D eigenvalue weighted by atomic mass is 10.0. The third-order valence-corrected chi connectivity index (χ3v) is 5.08. The van der Waals surface area contributed by atoms with Gasteiger partial charge in [0, 0.05) is 23.5 Å². The van der Waals surface area contributed by atoms with Gasteiger partial charge in [-0.2, -0.15) is 0 Å². The minimum absolute atomic E-state index is 0.203. The molecule has 5 nitrogen and oxygen atoms in total. The normalized spacial score (nSPS) is 14.1. The molecule has 0 fully saturated rings. The van der Waals surface area contributed by atoms with Crippen LogP contribution in [-0.4, -0.2) is 37.5 Å². The summed E-state index contributed by atoms with van der Waals surface area (Å²) in [7, 11) is 3.32. The molecule has 0 spiro atoms. The number of hydrogen-bond acceptors (Lipinski definition) is 5. The number of ether oxygens (including phenoxy) is 1. The number of halogens is 1. The Labute approximate surface area is 143 Å². The van der Waals surface area contributed by atoms with Crippen LogP contribution in [-0.2, 0) is 17.7 Å². The van der Waals surface area contributed by atoms with Gasteiger partial charge in [0.25, 0.3) is 5.91 Å². The zero-order valence-electron chi connectivity index (χ0n) is 13.4. The number of methoxy groups -OCH3 is 1. The monoisotopic (exact) mass is 348 g/mol. The highest BCUT2D eigenvalue weighted by Crippen LogP contribution is 2.37. The molecule has 1 aliphatic rings. The molecule has 24 heavy (non-hydrogen) atoms. The fourth-order valence-electron chi connectivity index (χ4n) is 2.74. The fourth-order valence-corrected chi connectivity index (χ4v) is 4.05. The van der Waals surface area contributed by atoms with Crippen LogP contribution in [0.4, 0.5) is 9.39 Å². The summed E-state index contributed by atoms with van der Waals surface area (Å²) in [6, 6.07) is 5.43. The summed E-state index contributed by atoms with van der Waals surface area (Å²) >= 11 is 1.37. The lowest BCUT2D eigenvalue weighted by Gasteiger charge is -2.22. The molecule has 1 aromatic carbocycles. The topological polar surface area (TPSA) is 58.6 Å². The first-order chi connectivity index (χ1) is 11.5. The van der Waals surface area contributed by atoms with Crippen molar-refractivity contribution in [2.45, 2.75) is 13.0 Å². The number of amides is 1. The van der Waals surface area contributed by atoms with Crippen molar-refractivity contribution in [3.63, 3.8) is 0 Å². The van der Waals surface area contributed by atoms with Crippen LogP contribution >= 0.6 is 11.3 Å². The molecule has 0 saturated carbocycles. The number of rotatable bonds is 3. The van der Waals surface area contributed by atoms with E-state index in [1.165, 1.54) is 36.6 Å². The Kier molecular flexibility index (Phi) is 4.64. The standard InChI is InChI=1S/C17H17FN2O3S/c1-20-7-6-12-13(9-20)24-16(14(12)17(22)23-2)19-15(21)10-4-3-5-11(18)8-10/h3-5,8H,6-7,9H2,1-2H3,(H,19,21). The van der Waals surface area contributed by atoms with Crippen LogP contribution in [0.2, 0.25) is 0 Å². The maximum absolute atomic E-state index is 13.3. The summed E-state index contributed by atoms with van der Waals surface area (Å²) in [6.07, 6.45) is 0.725. The number of nitrogens with one attached hydrogen (secondary N) is 1. The Balaban J connectivity index is 1.95. The highest BCUT2D eigenvalue weighted by atomic mass is 32.1. The average molecular weight is 348 g/mol. The summed E-state index contributed by atoms with van der Waals surface area (Å²) in [6.45, 7) is 1.56. The molecule has 1 aromatic heterocycles. The Morgan fingerprint density at radius 3 is 2.88 bits per heavy atom. The highest BCUT2D eigenvalue weighted by Gasteiger charge is 2.28. The van der Waals surface area contributed by atoms with Gasteiger partial charge in [-0.05, 0) is 37.2 Å². The summed E-state index contributed by atoms with van der Waals surface area (Å²) in [5.74, 6) is -1.40. The van der Waals surface area contributed by atoms with Gasteiger partial charge in [0.2, 0.25) is 0 Å². The van der Waals surface area contributed by atoms with E-state index in [1.54, 1.807) is 0 Å². The number of nitrogens with zero attached hydrogens (tertiary/aromatic N) is 1. The molecule has 0 unspecified atom stereocenters. The number of carbonyl (C=O) groups is 2. The Bertz CT molecular complexity index is 803. The molecular weight excluding hydrogens is 331 g/mol. The molecule has 1 aliphatic heterocycles. The number of benzene rings is 1. The third kappa shape index (κ3) is 3.18. The first-order valence-corrected chi connectivity index (χ1v) is 8.29. The second-order valence-electron chi connectivity index (χ2n) is 5.65. The van der Waals surface area contributed by atoms with Crippen LogP contribution in [0.15, 0.2) is 24.3 Å². The molecule has 0 atom stereocenters. The van der Waals surface area contributed by atoms with E-state index in [2.05, 4.69) is 10.2 Å². The molecule has 3 rings (SSSR count). The number of anilines is 1. The van der Waals surface area contributed by atoms with Gasteiger partial charge in [0.15, 0.2) is 0 Å². The first-order valence-electron chi connectivity index (χ1n) is 7.48. The van der Waals surface area contributed by atoms with E-state index in [1.807, 2.05) is 7.05 Å². The van der Waals surface area contributed by atoms with E-state index >= 15 is 0 Å². The second kappa shape index (κ2) is 6.70. The van der Waals surface area contributed by atoms with Crippen molar-refractivity contribution in [1.82, 2.24) is 4.90 Å². The molecular formula is C17H17FN2O3S. The van der Waals surface area contributed by atoms with Crippen LogP contribution in [0.5, 0.6) is 0 Å². The van der Waals surface area contributed by atoms with Gasteiger partial charge in [0.1, 0.15) is 10.8 Å². The van der Waals surface area contributed by atoms with Gasteiger partial charge < -0.3 is 15.0 Å². The zero-order valence-corrected chi connectivity index (χ0v) is 14.2. The molecule has 0 radical (unpaired) electrons. The lowest BCUT2D eigenvalue weighted by Crippen LogP contribution is -2.26. The summed E-state index contributed by atoms with van der Waals surface area (Å²) in [5.41, 5.74) is 1.55. The van der Waals surface area contributed by atoms with Crippen LogP contribution < -0.4 is 5.32 Å². The first kappa shape index (κ1) is 16.6. The predicted octanol–water partition coefficient (Wildman–Crippen LogP) is 2.91. The highest BCUT2D eigenvalue weighted by molar-refractivity contribution is 7.17. The number of thiophene rings is 1. The van der Waals surface area contributed by atoms with Gasteiger partial charge in [-0.15, -0.1) is 11.3 Å². The second-order valence-corrected chi connectivity index (χ2v) is 6.76. The third-order valence-electron chi connectivity index (χ3n) is 3.95. The maximum atomic E-state index is 13.3. The number of hydrogen-bond donors (Lipinski definition) is 1. The van der Waals surface area contributed by atoms with Gasteiger partial charge in [-0.3, -0.25) is 4.79 Å². The lowest BCUT2D eigenvalue weighted by molar-refractivity contribution is 0.0600. The number of fused-ring (bicyclic) bond motifs is 1. The molecule has 0 bridgehead atoms. The number of carbonyl (C=O) groups excluding carboxylic acids is 2. The van der Waals surface area contributed by atoms with Gasteiger partial charge in [-0.1, -0.05) is 6.07 Å². The smallest absolute Gasteiger partial charge is 0.341 e. The Morgan fingerprint density at radius 2 is 2.17 bits per heavy atom. The minimum atomic E-state index is -0.483. The largest absolute Gasteiger partial charge is 0.465 e. The van der Waals surface area contributed by atoms with E-state index in [0.29, 0.717) is 10.6 Å². The quantitative estimate of drug-likeness (QED) is 0.867. The van der Waals surface area contributed by atoms with Crippen molar-refractivity contribution in [1.29, 1.82) is 0 Å². The molecule has 126 valence electrons. The molecule has 2 heterocycles. The summed E-state index contributed by atoms with van der Waals surface area (Å²) in [5, 5.41) is 3.19. The fraction of sp³-hybridized carbons (Fsp3) is 0.294. The van der Waals surface area contributed by atoms with E-state index in [9.17, 15) is 14.0 Å². The van der Waals surface area contributed by atoms with Crippen molar-refractivity contribution in [3.8, 4) is 0 Å². The molecule has 0 aliphatic carbocycles. The van der Waals surface area contributed by atoms with Gasteiger partial charge in [0.05, 0.1) is 12.7 Å². The van der Waals surface area contributed by atoms with Crippen LogP contribution in [0.25, 0.3) is 0 Å². The average Bonchev–Trinajstić information content (AvgIpc) is 2.90. The summed E-state index contributed by atoms with van der Waals surface area (Å²) < 4.78 is 18.2. The van der Waals surface area contributed by atoms with Crippen molar-refractivity contribution in [2.75, 3.05) is 26.0 Å². The number of esters is 1.